The van der Waals surface area contributed by atoms with Gasteiger partial charge < -0.3 is 29.5 Å². The zero-order valence-corrected chi connectivity index (χ0v) is 12.6. The van der Waals surface area contributed by atoms with E-state index >= 15 is 0 Å². The molecule has 24 heavy (non-hydrogen) atoms. The number of non-ortho nitro benzene ring substituents is 1. The molecule has 10 nitrogen and oxygen atoms in total. The number of nitro benzene ring substituents is 1. The second-order valence-corrected chi connectivity index (χ2v) is 5.15. The second-order valence-electron chi connectivity index (χ2n) is 5.15. The number of carbonyl (C=O) groups is 1. The Hall–Kier alpha value is -2.11. The van der Waals surface area contributed by atoms with E-state index < -0.39 is 48.2 Å². The number of rotatable bonds is 5. The maximum atomic E-state index is 11.9. The quantitative estimate of drug-likeness (QED) is 0.355. The van der Waals surface area contributed by atoms with Crippen molar-refractivity contribution in [1.82, 2.24) is 0 Å². The summed E-state index contributed by atoms with van der Waals surface area (Å²) in [5.74, 6) is -0.782. The van der Waals surface area contributed by atoms with Crippen molar-refractivity contribution in [3.63, 3.8) is 0 Å². The number of esters is 1. The summed E-state index contributed by atoms with van der Waals surface area (Å²) in [6, 6.07) is 4.78. The molecule has 1 aliphatic rings. The molecule has 1 heterocycles. The number of hydrogen-bond donors (Lipinski definition) is 3. The SMILES string of the molecule is CO[C@@H]1O[C@H](COC(=O)c2ccc([N+](=O)[O-])cc2)[C@@H](O)[C@H](O)[C@H]1O. The minimum atomic E-state index is -1.52. The van der Waals surface area contributed by atoms with Crippen LogP contribution < -0.4 is 0 Å². The summed E-state index contributed by atoms with van der Waals surface area (Å²) in [6.45, 7) is -0.402. The van der Waals surface area contributed by atoms with Crippen LogP contribution in [0.4, 0.5) is 5.69 Å². The highest BCUT2D eigenvalue weighted by atomic mass is 16.7. The molecule has 0 saturated carbocycles. The Morgan fingerprint density at radius 2 is 1.83 bits per heavy atom. The van der Waals surface area contributed by atoms with Gasteiger partial charge in [0.1, 0.15) is 31.0 Å². The van der Waals surface area contributed by atoms with Crippen molar-refractivity contribution in [3.05, 3.63) is 39.9 Å². The monoisotopic (exact) mass is 343 g/mol. The highest BCUT2D eigenvalue weighted by Gasteiger charge is 2.44. The lowest BCUT2D eigenvalue weighted by molar-refractivity contribution is -0.384. The summed E-state index contributed by atoms with van der Waals surface area (Å²) in [5, 5.41) is 39.7. The van der Waals surface area contributed by atoms with E-state index in [-0.39, 0.29) is 11.3 Å². The number of aliphatic hydroxyl groups is 3. The average molecular weight is 343 g/mol. The van der Waals surface area contributed by atoms with Crippen LogP contribution in [0.1, 0.15) is 10.4 Å². The lowest BCUT2D eigenvalue weighted by Gasteiger charge is -2.39. The van der Waals surface area contributed by atoms with E-state index in [2.05, 4.69) is 0 Å². The van der Waals surface area contributed by atoms with Crippen molar-refractivity contribution in [1.29, 1.82) is 0 Å². The maximum absolute atomic E-state index is 11.9. The molecule has 1 aromatic rings. The fourth-order valence-corrected chi connectivity index (χ4v) is 2.21. The number of benzene rings is 1. The molecule has 0 spiro atoms. The van der Waals surface area contributed by atoms with E-state index in [0.717, 1.165) is 12.1 Å². The summed E-state index contributed by atoms with van der Waals surface area (Å²) in [6.07, 6.45) is -6.71. The van der Waals surface area contributed by atoms with Crippen LogP contribution in [0.3, 0.4) is 0 Å². The molecule has 10 heteroatoms. The van der Waals surface area contributed by atoms with Crippen molar-refractivity contribution in [2.45, 2.75) is 30.7 Å². The first-order valence-electron chi connectivity index (χ1n) is 6.99. The van der Waals surface area contributed by atoms with Gasteiger partial charge in [-0.15, -0.1) is 0 Å². The third kappa shape index (κ3) is 3.86. The number of nitrogens with zero attached hydrogens (tertiary/aromatic N) is 1. The van der Waals surface area contributed by atoms with Crippen LogP contribution in [-0.4, -0.2) is 70.6 Å². The van der Waals surface area contributed by atoms with Crippen LogP contribution in [0.15, 0.2) is 24.3 Å². The summed E-state index contributed by atoms with van der Waals surface area (Å²) in [4.78, 5) is 21.9. The van der Waals surface area contributed by atoms with E-state index in [1.165, 1.54) is 19.2 Å². The van der Waals surface area contributed by atoms with Gasteiger partial charge >= 0.3 is 5.97 Å². The Balaban J connectivity index is 1.96. The molecule has 0 aliphatic carbocycles. The van der Waals surface area contributed by atoms with Gasteiger partial charge in [0.15, 0.2) is 6.29 Å². The summed E-state index contributed by atoms with van der Waals surface area (Å²) < 4.78 is 15.0. The molecule has 1 saturated heterocycles. The van der Waals surface area contributed by atoms with Gasteiger partial charge in [-0.1, -0.05) is 0 Å². The predicted molar refractivity (Wildman–Crippen MR) is 77.1 cm³/mol. The summed E-state index contributed by atoms with van der Waals surface area (Å²) in [5.41, 5.74) is -0.0904. The van der Waals surface area contributed by atoms with Gasteiger partial charge in [-0.3, -0.25) is 10.1 Å². The lowest BCUT2D eigenvalue weighted by atomic mass is 9.99. The second kappa shape index (κ2) is 7.64. The minimum absolute atomic E-state index is 0.0785. The van der Waals surface area contributed by atoms with Crippen molar-refractivity contribution < 1.29 is 39.2 Å². The Kier molecular flexibility index (Phi) is 5.80. The fourth-order valence-electron chi connectivity index (χ4n) is 2.21. The van der Waals surface area contributed by atoms with Gasteiger partial charge in [-0.25, -0.2) is 4.79 Å². The molecular formula is C14H17NO9. The van der Waals surface area contributed by atoms with E-state index in [0.29, 0.717) is 0 Å². The van der Waals surface area contributed by atoms with Crippen LogP contribution in [-0.2, 0) is 14.2 Å². The molecule has 1 aliphatic heterocycles. The zero-order chi connectivity index (χ0) is 17.9. The Morgan fingerprint density at radius 3 is 2.38 bits per heavy atom. The van der Waals surface area contributed by atoms with Crippen molar-refractivity contribution >= 4 is 11.7 Å². The number of methoxy groups -OCH3 is 1. The molecule has 1 aromatic carbocycles. The van der Waals surface area contributed by atoms with Gasteiger partial charge in [0, 0.05) is 19.2 Å². The maximum Gasteiger partial charge on any atom is 0.338 e. The number of aliphatic hydroxyl groups excluding tert-OH is 3. The van der Waals surface area contributed by atoms with E-state index in [9.17, 15) is 30.2 Å². The van der Waals surface area contributed by atoms with Gasteiger partial charge in [0.05, 0.1) is 10.5 Å². The first-order valence-corrected chi connectivity index (χ1v) is 6.99. The Morgan fingerprint density at radius 1 is 1.21 bits per heavy atom. The molecule has 0 unspecified atom stereocenters. The zero-order valence-electron chi connectivity index (χ0n) is 12.6. The number of carbonyl (C=O) groups excluding carboxylic acids is 1. The first kappa shape index (κ1) is 18.2. The molecule has 0 bridgehead atoms. The van der Waals surface area contributed by atoms with Gasteiger partial charge in [0.2, 0.25) is 0 Å². The molecule has 0 amide bonds. The third-order valence-corrected chi connectivity index (χ3v) is 3.59. The first-order chi connectivity index (χ1) is 11.3. The van der Waals surface area contributed by atoms with E-state index in [4.69, 9.17) is 14.2 Å². The molecule has 2 rings (SSSR count). The van der Waals surface area contributed by atoms with Crippen molar-refractivity contribution in [2.24, 2.45) is 0 Å². The van der Waals surface area contributed by atoms with Crippen LogP contribution in [0.2, 0.25) is 0 Å². The van der Waals surface area contributed by atoms with Crippen LogP contribution >= 0.6 is 0 Å². The van der Waals surface area contributed by atoms with Crippen molar-refractivity contribution in [2.75, 3.05) is 13.7 Å². The van der Waals surface area contributed by atoms with Crippen LogP contribution in [0.5, 0.6) is 0 Å². The smallest absolute Gasteiger partial charge is 0.338 e. The summed E-state index contributed by atoms with van der Waals surface area (Å²) in [7, 11) is 1.25. The van der Waals surface area contributed by atoms with E-state index in [1.807, 2.05) is 0 Å². The minimum Gasteiger partial charge on any atom is -0.459 e. The van der Waals surface area contributed by atoms with Gasteiger partial charge in [0.25, 0.3) is 5.69 Å². The molecule has 132 valence electrons. The topological polar surface area (TPSA) is 149 Å². The Bertz CT molecular complexity index is 588. The lowest BCUT2D eigenvalue weighted by Crippen LogP contribution is -2.59. The van der Waals surface area contributed by atoms with Crippen molar-refractivity contribution in [3.8, 4) is 0 Å². The highest BCUT2D eigenvalue weighted by molar-refractivity contribution is 5.89. The summed E-state index contributed by atoms with van der Waals surface area (Å²) >= 11 is 0. The Labute approximate surface area is 136 Å². The normalized spacial score (nSPS) is 29.9. The van der Waals surface area contributed by atoms with Gasteiger partial charge in [-0.2, -0.15) is 0 Å². The number of nitro groups is 1. The predicted octanol–water partition coefficient (Wildman–Crippen LogP) is -0.794. The van der Waals surface area contributed by atoms with Gasteiger partial charge in [-0.05, 0) is 12.1 Å². The molecular weight excluding hydrogens is 326 g/mol. The van der Waals surface area contributed by atoms with Crippen LogP contribution in [0.25, 0.3) is 0 Å². The molecule has 5 atom stereocenters. The number of hydrogen-bond acceptors (Lipinski definition) is 9. The highest BCUT2D eigenvalue weighted by Crippen LogP contribution is 2.22. The molecule has 1 fully saturated rings. The molecule has 0 aromatic heterocycles. The standard InChI is InChI=1S/C14H17NO9/c1-22-14-12(18)11(17)10(16)9(24-14)6-23-13(19)7-2-4-8(5-3-7)15(20)21/h2-5,9-12,14,16-18H,6H2,1H3/t9-,10-,11+,12-,14-/m1/s1. The largest absolute Gasteiger partial charge is 0.459 e. The van der Waals surface area contributed by atoms with Crippen LogP contribution in [0, 0.1) is 10.1 Å². The number of ether oxygens (including phenoxy) is 3. The molecule has 0 radical (unpaired) electrons. The molecule has 3 N–H and O–H groups in total. The fraction of sp³-hybridized carbons (Fsp3) is 0.500. The van der Waals surface area contributed by atoms with E-state index in [1.54, 1.807) is 0 Å². The third-order valence-electron chi connectivity index (χ3n) is 3.59. The average Bonchev–Trinajstić information content (AvgIpc) is 2.59.